The number of pyridine rings is 1. The number of amides is 1. The molecule has 5 rings (SSSR count). The van der Waals surface area contributed by atoms with Crippen molar-refractivity contribution in [3.05, 3.63) is 96.7 Å². The van der Waals surface area contributed by atoms with Gasteiger partial charge in [-0.15, -0.1) is 0 Å². The standard InChI is InChI=1S/C24H19N5O/c1-16(17-7-4-8-19(12-17)29-15-25-14-27-29)28-24(30)22-13-18-6-2-3-9-20(18)21-10-5-11-26-23(21)22/h2-16H,1H3,(H,28,30)/t16-/m0/s1. The summed E-state index contributed by atoms with van der Waals surface area (Å²) in [4.78, 5) is 21.7. The molecule has 146 valence electrons. The molecule has 30 heavy (non-hydrogen) atoms. The maximum Gasteiger partial charge on any atom is 0.253 e. The minimum atomic E-state index is -0.189. The minimum Gasteiger partial charge on any atom is -0.345 e. The highest BCUT2D eigenvalue weighted by Gasteiger charge is 2.17. The summed E-state index contributed by atoms with van der Waals surface area (Å²) < 4.78 is 1.69. The third-order valence-corrected chi connectivity index (χ3v) is 5.26. The van der Waals surface area contributed by atoms with E-state index in [0.29, 0.717) is 11.1 Å². The summed E-state index contributed by atoms with van der Waals surface area (Å²) in [6.07, 6.45) is 4.86. The maximum absolute atomic E-state index is 13.2. The van der Waals surface area contributed by atoms with Crippen LogP contribution >= 0.6 is 0 Å². The zero-order chi connectivity index (χ0) is 20.5. The Kier molecular flexibility index (Phi) is 4.44. The summed E-state index contributed by atoms with van der Waals surface area (Å²) in [6.45, 7) is 1.97. The number of carbonyl (C=O) groups excluding carboxylic acids is 1. The number of fused-ring (bicyclic) bond motifs is 3. The van der Waals surface area contributed by atoms with E-state index in [2.05, 4.69) is 26.4 Å². The molecule has 1 amide bonds. The van der Waals surface area contributed by atoms with Gasteiger partial charge in [0.05, 0.1) is 22.8 Å². The van der Waals surface area contributed by atoms with Crippen LogP contribution in [0.1, 0.15) is 28.9 Å². The first-order valence-electron chi connectivity index (χ1n) is 9.73. The van der Waals surface area contributed by atoms with Gasteiger partial charge in [0.2, 0.25) is 0 Å². The lowest BCUT2D eigenvalue weighted by Gasteiger charge is -2.16. The molecule has 6 nitrogen and oxygen atoms in total. The number of nitrogens with zero attached hydrogens (tertiary/aromatic N) is 4. The summed E-state index contributed by atoms with van der Waals surface area (Å²) in [6, 6.07) is 21.6. The lowest BCUT2D eigenvalue weighted by molar-refractivity contribution is 0.0941. The predicted molar refractivity (Wildman–Crippen MR) is 116 cm³/mol. The van der Waals surface area contributed by atoms with Crippen molar-refractivity contribution in [1.29, 1.82) is 0 Å². The molecule has 0 saturated heterocycles. The number of benzene rings is 3. The van der Waals surface area contributed by atoms with Crippen molar-refractivity contribution in [3.8, 4) is 5.69 Å². The van der Waals surface area contributed by atoms with Crippen molar-refractivity contribution in [3.63, 3.8) is 0 Å². The SMILES string of the molecule is C[C@H](NC(=O)c1cc2ccccc2c2cccnc12)c1cccc(-n2cncn2)c1. The number of nitrogens with one attached hydrogen (secondary N) is 1. The third-order valence-electron chi connectivity index (χ3n) is 5.26. The van der Waals surface area contributed by atoms with E-state index < -0.39 is 0 Å². The average Bonchev–Trinajstić information content (AvgIpc) is 3.33. The van der Waals surface area contributed by atoms with Crippen LogP contribution in [0.4, 0.5) is 0 Å². The van der Waals surface area contributed by atoms with Gasteiger partial charge in [-0.25, -0.2) is 9.67 Å². The first-order valence-corrected chi connectivity index (χ1v) is 9.73. The summed E-state index contributed by atoms with van der Waals surface area (Å²) in [5, 5.41) is 10.4. The van der Waals surface area contributed by atoms with Crippen molar-refractivity contribution in [2.45, 2.75) is 13.0 Å². The number of hydrogen-bond donors (Lipinski definition) is 1. The minimum absolute atomic E-state index is 0.150. The largest absolute Gasteiger partial charge is 0.345 e. The first kappa shape index (κ1) is 18.0. The van der Waals surface area contributed by atoms with E-state index in [-0.39, 0.29) is 11.9 Å². The van der Waals surface area contributed by atoms with Crippen LogP contribution in [0.25, 0.3) is 27.4 Å². The third kappa shape index (κ3) is 3.18. The van der Waals surface area contributed by atoms with Crippen LogP contribution in [-0.2, 0) is 0 Å². The predicted octanol–water partition coefficient (Wildman–Crippen LogP) is 4.46. The molecule has 0 aliphatic carbocycles. The van der Waals surface area contributed by atoms with Crippen LogP contribution in [-0.4, -0.2) is 25.7 Å². The quantitative estimate of drug-likeness (QED) is 0.458. The topological polar surface area (TPSA) is 72.7 Å². The Balaban J connectivity index is 1.49. The van der Waals surface area contributed by atoms with Gasteiger partial charge < -0.3 is 5.32 Å². The highest BCUT2D eigenvalue weighted by molar-refractivity contribution is 6.15. The summed E-state index contributed by atoms with van der Waals surface area (Å²) in [5.41, 5.74) is 3.15. The summed E-state index contributed by atoms with van der Waals surface area (Å²) in [7, 11) is 0. The van der Waals surface area contributed by atoms with Crippen molar-refractivity contribution in [2.75, 3.05) is 0 Å². The molecule has 0 aliphatic heterocycles. The molecule has 3 aromatic carbocycles. The van der Waals surface area contributed by atoms with Crippen LogP contribution in [0.3, 0.4) is 0 Å². The smallest absolute Gasteiger partial charge is 0.253 e. The van der Waals surface area contributed by atoms with E-state index in [1.54, 1.807) is 17.2 Å². The molecular formula is C24H19N5O. The molecule has 5 aromatic rings. The van der Waals surface area contributed by atoms with E-state index >= 15 is 0 Å². The van der Waals surface area contributed by atoms with Gasteiger partial charge in [-0.3, -0.25) is 9.78 Å². The molecule has 0 unspecified atom stereocenters. The van der Waals surface area contributed by atoms with Crippen molar-refractivity contribution in [2.24, 2.45) is 0 Å². The van der Waals surface area contributed by atoms with Crippen LogP contribution in [0.2, 0.25) is 0 Å². The normalized spacial score (nSPS) is 12.2. The zero-order valence-electron chi connectivity index (χ0n) is 16.4. The van der Waals surface area contributed by atoms with Gasteiger partial charge in [-0.2, -0.15) is 5.10 Å². The molecule has 0 saturated carbocycles. The van der Waals surface area contributed by atoms with Crippen LogP contribution in [0.5, 0.6) is 0 Å². The highest BCUT2D eigenvalue weighted by atomic mass is 16.1. The lowest BCUT2D eigenvalue weighted by atomic mass is 10.00. The fourth-order valence-corrected chi connectivity index (χ4v) is 3.74. The summed E-state index contributed by atoms with van der Waals surface area (Å²) >= 11 is 0. The average molecular weight is 393 g/mol. The Morgan fingerprint density at radius 1 is 1.00 bits per heavy atom. The van der Waals surface area contributed by atoms with E-state index in [1.165, 1.54) is 6.33 Å². The van der Waals surface area contributed by atoms with Gasteiger partial charge in [0.25, 0.3) is 5.91 Å². The molecule has 2 heterocycles. The Bertz CT molecular complexity index is 1360. The van der Waals surface area contributed by atoms with Gasteiger partial charge in [0.15, 0.2) is 0 Å². The van der Waals surface area contributed by atoms with Gasteiger partial charge in [0, 0.05) is 11.6 Å². The molecule has 2 aromatic heterocycles. The van der Waals surface area contributed by atoms with E-state index in [0.717, 1.165) is 27.4 Å². The van der Waals surface area contributed by atoms with E-state index in [1.807, 2.05) is 67.6 Å². The number of aromatic nitrogens is 4. The van der Waals surface area contributed by atoms with Gasteiger partial charge in [-0.1, -0.05) is 42.5 Å². The fourth-order valence-electron chi connectivity index (χ4n) is 3.74. The molecule has 1 atom stereocenters. The van der Waals surface area contributed by atoms with Gasteiger partial charge in [-0.05, 0) is 47.5 Å². The Morgan fingerprint density at radius 2 is 1.87 bits per heavy atom. The number of carbonyl (C=O) groups is 1. The van der Waals surface area contributed by atoms with Crippen LogP contribution in [0, 0.1) is 0 Å². The van der Waals surface area contributed by atoms with Crippen LogP contribution in [0.15, 0.2) is 85.6 Å². The maximum atomic E-state index is 13.2. The molecule has 0 fully saturated rings. The summed E-state index contributed by atoms with van der Waals surface area (Å²) in [5.74, 6) is -0.150. The van der Waals surface area contributed by atoms with E-state index in [9.17, 15) is 4.79 Å². The molecule has 0 radical (unpaired) electrons. The first-order chi connectivity index (χ1) is 14.7. The van der Waals surface area contributed by atoms with Gasteiger partial charge >= 0.3 is 0 Å². The Labute approximate surface area is 173 Å². The molecule has 0 bridgehead atoms. The molecule has 0 aliphatic rings. The zero-order valence-corrected chi connectivity index (χ0v) is 16.4. The Hall–Kier alpha value is -4.06. The second-order valence-electron chi connectivity index (χ2n) is 7.18. The molecular weight excluding hydrogens is 374 g/mol. The second kappa shape index (κ2) is 7.40. The van der Waals surface area contributed by atoms with E-state index in [4.69, 9.17) is 0 Å². The molecule has 0 spiro atoms. The highest BCUT2D eigenvalue weighted by Crippen LogP contribution is 2.28. The van der Waals surface area contributed by atoms with Gasteiger partial charge in [0.1, 0.15) is 12.7 Å². The molecule has 1 N–H and O–H groups in total. The molecule has 6 heteroatoms. The van der Waals surface area contributed by atoms with Crippen molar-refractivity contribution >= 4 is 27.6 Å². The number of rotatable bonds is 4. The van der Waals surface area contributed by atoms with Crippen molar-refractivity contribution < 1.29 is 4.79 Å². The number of hydrogen-bond acceptors (Lipinski definition) is 4. The second-order valence-corrected chi connectivity index (χ2v) is 7.18. The van der Waals surface area contributed by atoms with Crippen molar-refractivity contribution in [1.82, 2.24) is 25.1 Å². The lowest BCUT2D eigenvalue weighted by Crippen LogP contribution is -2.27. The van der Waals surface area contributed by atoms with Crippen LogP contribution < -0.4 is 5.32 Å². The Morgan fingerprint density at radius 3 is 2.73 bits per heavy atom. The monoisotopic (exact) mass is 393 g/mol. The fraction of sp³-hybridized carbons (Fsp3) is 0.0833.